The third-order valence-electron chi connectivity index (χ3n) is 2.41. The monoisotopic (exact) mass is 339 g/mol. The maximum absolute atomic E-state index is 11.2. The number of carboxylic acids is 1. The first-order chi connectivity index (χ1) is 9.11. The lowest BCUT2D eigenvalue weighted by Gasteiger charge is -2.07. The Hall–Kier alpha value is -1.37. The van der Waals surface area contributed by atoms with E-state index in [1.807, 2.05) is 12.1 Å². The number of aliphatic hydroxyl groups is 1. The summed E-state index contributed by atoms with van der Waals surface area (Å²) in [5.41, 5.74) is 1.02. The van der Waals surface area contributed by atoms with Crippen molar-refractivity contribution in [3.8, 4) is 0 Å². The lowest BCUT2D eigenvalue weighted by molar-refractivity contribution is 0.0692. The molecule has 0 aliphatic rings. The molecule has 0 amide bonds. The lowest BCUT2D eigenvalue weighted by Crippen LogP contribution is -2.01. The fraction of sp³-hybridized carbons (Fsp3) is 0.0769. The summed E-state index contributed by atoms with van der Waals surface area (Å²) in [7, 11) is 0. The normalized spacial score (nSPS) is 10.4. The van der Waals surface area contributed by atoms with E-state index in [0.717, 1.165) is 10.5 Å². The molecule has 0 saturated heterocycles. The van der Waals surface area contributed by atoms with E-state index in [1.165, 1.54) is 24.2 Å². The molecule has 98 valence electrons. The fourth-order valence-corrected chi connectivity index (χ4v) is 3.06. The molecule has 0 fully saturated rings. The Morgan fingerprint density at radius 1 is 1.26 bits per heavy atom. The molecule has 2 aromatic rings. The molecule has 0 aliphatic carbocycles. The molecule has 4 nitrogen and oxygen atoms in total. The molecule has 0 bridgehead atoms. The molecule has 0 spiro atoms. The Balaban J connectivity index is 2.32. The number of aliphatic hydroxyl groups excluding tert-OH is 1. The van der Waals surface area contributed by atoms with Crippen molar-refractivity contribution in [1.29, 1.82) is 0 Å². The van der Waals surface area contributed by atoms with E-state index in [2.05, 4.69) is 20.9 Å². The number of hydrogen-bond acceptors (Lipinski definition) is 4. The van der Waals surface area contributed by atoms with Crippen LogP contribution in [0.1, 0.15) is 15.9 Å². The minimum absolute atomic E-state index is 0.0102. The van der Waals surface area contributed by atoms with Crippen LogP contribution in [0.4, 0.5) is 0 Å². The van der Waals surface area contributed by atoms with Gasteiger partial charge in [0.25, 0.3) is 0 Å². The predicted molar refractivity (Wildman–Crippen MR) is 75.4 cm³/mol. The van der Waals surface area contributed by atoms with Crippen molar-refractivity contribution in [2.45, 2.75) is 16.4 Å². The van der Waals surface area contributed by atoms with Crippen molar-refractivity contribution in [3.05, 3.63) is 52.3 Å². The SMILES string of the molecule is O=C(O)c1c(Br)cncc1Sc1ccc(CO)cc1. The van der Waals surface area contributed by atoms with Crippen molar-refractivity contribution in [2.24, 2.45) is 0 Å². The van der Waals surface area contributed by atoms with Gasteiger partial charge >= 0.3 is 5.97 Å². The van der Waals surface area contributed by atoms with Crippen molar-refractivity contribution in [2.75, 3.05) is 0 Å². The number of hydrogen-bond donors (Lipinski definition) is 2. The van der Waals surface area contributed by atoms with Gasteiger partial charge in [-0.25, -0.2) is 4.79 Å². The number of aromatic carboxylic acids is 1. The molecule has 0 radical (unpaired) electrons. The Morgan fingerprint density at radius 3 is 2.53 bits per heavy atom. The highest BCUT2D eigenvalue weighted by Gasteiger charge is 2.15. The van der Waals surface area contributed by atoms with Gasteiger partial charge in [0.1, 0.15) is 0 Å². The number of carboxylic acid groups (broad SMARTS) is 1. The van der Waals surface area contributed by atoms with Gasteiger partial charge in [-0.05, 0) is 33.6 Å². The Labute approximate surface area is 122 Å². The first kappa shape index (κ1) is 14.0. The molecule has 0 unspecified atom stereocenters. The minimum atomic E-state index is -0.997. The average Bonchev–Trinajstić information content (AvgIpc) is 2.39. The number of benzene rings is 1. The van der Waals surface area contributed by atoms with Crippen LogP contribution < -0.4 is 0 Å². The van der Waals surface area contributed by atoms with Gasteiger partial charge in [-0.1, -0.05) is 23.9 Å². The first-order valence-electron chi connectivity index (χ1n) is 5.36. The Bertz CT molecular complexity index is 601. The third kappa shape index (κ3) is 3.34. The molecule has 1 heterocycles. The number of halogens is 1. The molecule has 1 aromatic carbocycles. The topological polar surface area (TPSA) is 70.4 Å². The zero-order valence-electron chi connectivity index (χ0n) is 9.71. The van der Waals surface area contributed by atoms with E-state index in [0.29, 0.717) is 9.37 Å². The molecule has 2 N–H and O–H groups in total. The molecule has 6 heteroatoms. The van der Waals surface area contributed by atoms with Gasteiger partial charge in [0.2, 0.25) is 0 Å². The third-order valence-corrected chi connectivity index (χ3v) is 4.05. The van der Waals surface area contributed by atoms with E-state index in [-0.39, 0.29) is 12.2 Å². The molecular weight excluding hydrogens is 330 g/mol. The largest absolute Gasteiger partial charge is 0.478 e. The van der Waals surface area contributed by atoms with Crippen molar-refractivity contribution in [3.63, 3.8) is 0 Å². The van der Waals surface area contributed by atoms with Crippen LogP contribution in [0.2, 0.25) is 0 Å². The summed E-state index contributed by atoms with van der Waals surface area (Å²) in [5.74, 6) is -0.997. The summed E-state index contributed by atoms with van der Waals surface area (Å²) in [5, 5.41) is 18.2. The number of carbonyl (C=O) groups is 1. The molecule has 0 atom stereocenters. The van der Waals surface area contributed by atoms with Crippen LogP contribution in [0.5, 0.6) is 0 Å². The van der Waals surface area contributed by atoms with E-state index < -0.39 is 5.97 Å². The lowest BCUT2D eigenvalue weighted by atomic mass is 10.2. The summed E-state index contributed by atoms with van der Waals surface area (Å²) < 4.78 is 0.456. The van der Waals surface area contributed by atoms with Gasteiger partial charge in [0.05, 0.1) is 16.6 Å². The second-order valence-electron chi connectivity index (χ2n) is 3.70. The van der Waals surface area contributed by atoms with Crippen LogP contribution in [0, 0.1) is 0 Å². The van der Waals surface area contributed by atoms with Gasteiger partial charge in [-0.15, -0.1) is 0 Å². The summed E-state index contributed by atoms with van der Waals surface area (Å²) in [6.07, 6.45) is 2.99. The van der Waals surface area contributed by atoms with Gasteiger partial charge in [-0.3, -0.25) is 4.98 Å². The first-order valence-corrected chi connectivity index (χ1v) is 6.97. The second-order valence-corrected chi connectivity index (χ2v) is 5.67. The summed E-state index contributed by atoms with van der Waals surface area (Å²) in [4.78, 5) is 16.7. The fourth-order valence-electron chi connectivity index (χ4n) is 1.49. The summed E-state index contributed by atoms with van der Waals surface area (Å²) >= 11 is 4.52. The smallest absolute Gasteiger partial charge is 0.338 e. The van der Waals surface area contributed by atoms with Crippen LogP contribution in [0.15, 0.2) is 50.9 Å². The second kappa shape index (κ2) is 6.18. The van der Waals surface area contributed by atoms with Crippen molar-refractivity contribution >= 4 is 33.7 Å². The van der Waals surface area contributed by atoms with E-state index in [4.69, 9.17) is 5.11 Å². The molecule has 2 rings (SSSR count). The Morgan fingerprint density at radius 2 is 1.95 bits per heavy atom. The standard InChI is InChI=1S/C13H10BrNO3S/c14-10-5-15-6-11(12(10)13(17)18)19-9-3-1-8(7-16)2-4-9/h1-6,16H,7H2,(H,17,18). The zero-order valence-corrected chi connectivity index (χ0v) is 12.1. The number of pyridine rings is 1. The maximum Gasteiger partial charge on any atom is 0.338 e. The summed E-state index contributed by atoms with van der Waals surface area (Å²) in [6.45, 7) is -0.0102. The number of nitrogens with zero attached hydrogens (tertiary/aromatic N) is 1. The van der Waals surface area contributed by atoms with Gasteiger partial charge < -0.3 is 10.2 Å². The minimum Gasteiger partial charge on any atom is -0.478 e. The van der Waals surface area contributed by atoms with E-state index >= 15 is 0 Å². The highest BCUT2D eigenvalue weighted by molar-refractivity contribution is 9.10. The van der Waals surface area contributed by atoms with Crippen molar-refractivity contribution in [1.82, 2.24) is 4.98 Å². The molecule has 19 heavy (non-hydrogen) atoms. The number of aromatic nitrogens is 1. The van der Waals surface area contributed by atoms with Crippen LogP contribution >= 0.6 is 27.7 Å². The van der Waals surface area contributed by atoms with Gasteiger partial charge in [-0.2, -0.15) is 0 Å². The van der Waals surface area contributed by atoms with Crippen LogP contribution in [-0.4, -0.2) is 21.2 Å². The zero-order chi connectivity index (χ0) is 13.8. The van der Waals surface area contributed by atoms with Crippen LogP contribution in [0.25, 0.3) is 0 Å². The molecule has 1 aromatic heterocycles. The highest BCUT2D eigenvalue weighted by atomic mass is 79.9. The van der Waals surface area contributed by atoms with Crippen LogP contribution in [-0.2, 0) is 6.61 Å². The molecule has 0 aliphatic heterocycles. The van der Waals surface area contributed by atoms with Crippen LogP contribution in [0.3, 0.4) is 0 Å². The Kier molecular flexibility index (Phi) is 4.57. The highest BCUT2D eigenvalue weighted by Crippen LogP contribution is 2.33. The van der Waals surface area contributed by atoms with Gasteiger partial charge in [0, 0.05) is 22.2 Å². The van der Waals surface area contributed by atoms with Gasteiger partial charge in [0.15, 0.2) is 0 Å². The quantitative estimate of drug-likeness (QED) is 0.895. The number of rotatable bonds is 4. The molecular formula is C13H10BrNO3S. The molecule has 0 saturated carbocycles. The average molecular weight is 340 g/mol. The summed E-state index contributed by atoms with van der Waals surface area (Å²) in [6, 6.07) is 7.27. The van der Waals surface area contributed by atoms with Crippen molar-refractivity contribution < 1.29 is 15.0 Å². The predicted octanol–water partition coefficient (Wildman–Crippen LogP) is 3.19. The maximum atomic E-state index is 11.2. The van der Waals surface area contributed by atoms with E-state index in [1.54, 1.807) is 12.1 Å². The van der Waals surface area contributed by atoms with E-state index in [9.17, 15) is 9.90 Å².